The molecule has 2 aliphatic rings. The number of benzene rings is 1. The van der Waals surface area contributed by atoms with Crippen LogP contribution in [0.25, 0.3) is 0 Å². The van der Waals surface area contributed by atoms with E-state index in [1.54, 1.807) is 0 Å². The van der Waals surface area contributed by atoms with Crippen LogP contribution in [-0.2, 0) is 0 Å². The molecule has 1 aromatic rings. The molecule has 1 aromatic carbocycles. The Hall–Kier alpha value is -1.24. The number of phenolic OH excluding ortho intramolecular Hbond substituents is 1. The highest BCUT2D eigenvalue weighted by molar-refractivity contribution is 5.33. The van der Waals surface area contributed by atoms with Crippen molar-refractivity contribution in [1.29, 1.82) is 0 Å². The molecule has 0 spiro atoms. The number of hydrogen-bond donors (Lipinski definition) is 1. The molecule has 132 valence electrons. The number of allylic oxidation sites excluding steroid dienone is 1. The number of rotatable bonds is 3. The van der Waals surface area contributed by atoms with Crippen molar-refractivity contribution >= 4 is 0 Å². The summed E-state index contributed by atoms with van der Waals surface area (Å²) < 4.78 is 0. The summed E-state index contributed by atoms with van der Waals surface area (Å²) in [6.45, 7) is 16.6. The zero-order valence-electron chi connectivity index (χ0n) is 16.1. The Kier molecular flexibility index (Phi) is 4.13. The maximum absolute atomic E-state index is 9.72. The minimum absolute atomic E-state index is 0.257. The van der Waals surface area contributed by atoms with E-state index >= 15 is 0 Å². The van der Waals surface area contributed by atoms with E-state index in [2.05, 4.69) is 59.4 Å². The van der Waals surface area contributed by atoms with Gasteiger partial charge < -0.3 is 5.11 Å². The lowest BCUT2D eigenvalue weighted by Crippen LogP contribution is -2.47. The molecule has 0 bridgehead atoms. The summed E-state index contributed by atoms with van der Waals surface area (Å²) >= 11 is 0. The third-order valence-corrected chi connectivity index (χ3v) is 8.30. The average molecular weight is 327 g/mol. The van der Waals surface area contributed by atoms with Crippen LogP contribution >= 0.6 is 0 Å². The molecule has 0 amide bonds. The first-order chi connectivity index (χ1) is 11.2. The number of fused-ring (bicyclic) bond motifs is 1. The SMILES string of the molecule is C=CCC12C(c3ccc(O)cc3)CCCC1C(C)(C)C(C)C2(C)C. The Morgan fingerprint density at radius 2 is 1.75 bits per heavy atom. The second-order valence-electron chi connectivity index (χ2n) is 9.43. The van der Waals surface area contributed by atoms with Crippen LogP contribution in [0.5, 0.6) is 5.75 Å². The minimum atomic E-state index is 0.257. The van der Waals surface area contributed by atoms with Crippen LogP contribution in [0.2, 0.25) is 0 Å². The number of phenols is 1. The molecule has 4 atom stereocenters. The first kappa shape index (κ1) is 17.6. The largest absolute Gasteiger partial charge is 0.508 e. The predicted octanol–water partition coefficient (Wildman–Crippen LogP) is 6.54. The van der Waals surface area contributed by atoms with Crippen LogP contribution in [0.4, 0.5) is 0 Å². The molecule has 2 saturated carbocycles. The Labute approximate surface area is 148 Å². The molecule has 0 heterocycles. The zero-order chi connectivity index (χ0) is 17.8. The molecule has 2 aliphatic carbocycles. The van der Waals surface area contributed by atoms with Crippen molar-refractivity contribution in [2.45, 2.75) is 66.2 Å². The normalized spacial score (nSPS) is 37.0. The highest BCUT2D eigenvalue weighted by Gasteiger charge is 2.68. The first-order valence-electron chi connectivity index (χ1n) is 9.59. The highest BCUT2D eigenvalue weighted by atomic mass is 16.3. The molecule has 1 N–H and O–H groups in total. The maximum atomic E-state index is 9.72. The van der Waals surface area contributed by atoms with E-state index in [9.17, 15) is 5.11 Å². The number of hydrogen-bond acceptors (Lipinski definition) is 1. The summed E-state index contributed by atoms with van der Waals surface area (Å²) in [6.07, 6.45) is 7.15. The molecule has 0 saturated heterocycles. The van der Waals surface area contributed by atoms with Gasteiger partial charge in [0.25, 0.3) is 0 Å². The van der Waals surface area contributed by atoms with Gasteiger partial charge in [0.05, 0.1) is 0 Å². The van der Waals surface area contributed by atoms with Crippen LogP contribution in [0, 0.1) is 28.1 Å². The van der Waals surface area contributed by atoms with Crippen molar-refractivity contribution in [3.05, 3.63) is 42.5 Å². The van der Waals surface area contributed by atoms with Gasteiger partial charge in [-0.05, 0) is 71.0 Å². The zero-order valence-corrected chi connectivity index (χ0v) is 16.1. The molecule has 24 heavy (non-hydrogen) atoms. The summed E-state index contributed by atoms with van der Waals surface area (Å²) in [7, 11) is 0. The molecule has 3 rings (SSSR count). The minimum Gasteiger partial charge on any atom is -0.508 e. The molecular weight excluding hydrogens is 292 g/mol. The van der Waals surface area contributed by atoms with Gasteiger partial charge >= 0.3 is 0 Å². The van der Waals surface area contributed by atoms with E-state index < -0.39 is 0 Å². The molecule has 2 fully saturated rings. The van der Waals surface area contributed by atoms with Crippen molar-refractivity contribution in [2.75, 3.05) is 0 Å². The van der Waals surface area contributed by atoms with Crippen molar-refractivity contribution in [3.63, 3.8) is 0 Å². The van der Waals surface area contributed by atoms with Crippen molar-refractivity contribution in [1.82, 2.24) is 0 Å². The van der Waals surface area contributed by atoms with E-state index in [1.807, 2.05) is 12.1 Å². The van der Waals surface area contributed by atoms with Gasteiger partial charge in [-0.25, -0.2) is 0 Å². The molecule has 0 aromatic heterocycles. The van der Waals surface area contributed by atoms with Crippen LogP contribution in [0.3, 0.4) is 0 Å². The van der Waals surface area contributed by atoms with E-state index in [4.69, 9.17) is 0 Å². The fourth-order valence-corrected chi connectivity index (χ4v) is 6.81. The summed E-state index contributed by atoms with van der Waals surface area (Å²) in [5, 5.41) is 9.72. The Morgan fingerprint density at radius 1 is 1.12 bits per heavy atom. The van der Waals surface area contributed by atoms with Gasteiger partial charge in [0, 0.05) is 0 Å². The molecule has 0 aliphatic heterocycles. The van der Waals surface area contributed by atoms with Gasteiger partial charge in [-0.3, -0.25) is 0 Å². The van der Waals surface area contributed by atoms with E-state index in [-0.39, 0.29) is 10.8 Å². The molecule has 4 unspecified atom stereocenters. The standard InChI is InChI=1S/C23H34O/c1-7-15-23-19(17-11-13-18(24)14-12-17)9-8-10-20(23)21(3,4)16(2)22(23,5)6/h7,11-14,16,19-20,24H,1,8-10,15H2,2-6H3. The summed E-state index contributed by atoms with van der Waals surface area (Å²) in [6, 6.07) is 8.02. The summed E-state index contributed by atoms with van der Waals surface area (Å²) in [5.74, 6) is 2.31. The smallest absolute Gasteiger partial charge is 0.115 e. The van der Waals surface area contributed by atoms with Gasteiger partial charge in [-0.1, -0.05) is 59.2 Å². The van der Waals surface area contributed by atoms with Gasteiger partial charge in [-0.15, -0.1) is 6.58 Å². The topological polar surface area (TPSA) is 20.2 Å². The summed E-state index contributed by atoms with van der Waals surface area (Å²) in [4.78, 5) is 0. The average Bonchev–Trinajstić information content (AvgIpc) is 2.65. The highest BCUT2D eigenvalue weighted by Crippen LogP contribution is 2.75. The second kappa shape index (κ2) is 5.64. The second-order valence-corrected chi connectivity index (χ2v) is 9.43. The third-order valence-electron chi connectivity index (χ3n) is 8.30. The van der Waals surface area contributed by atoms with E-state index in [0.717, 1.165) is 12.3 Å². The van der Waals surface area contributed by atoms with Crippen molar-refractivity contribution < 1.29 is 5.11 Å². The quantitative estimate of drug-likeness (QED) is 0.625. The van der Waals surface area contributed by atoms with Gasteiger partial charge in [-0.2, -0.15) is 0 Å². The Morgan fingerprint density at radius 3 is 2.33 bits per heavy atom. The molecular formula is C23H34O. The van der Waals surface area contributed by atoms with Crippen LogP contribution in [0.15, 0.2) is 36.9 Å². The van der Waals surface area contributed by atoms with Crippen LogP contribution in [0.1, 0.15) is 71.8 Å². The Balaban J connectivity index is 2.19. The fraction of sp³-hybridized carbons (Fsp3) is 0.652. The first-order valence-corrected chi connectivity index (χ1v) is 9.59. The maximum Gasteiger partial charge on any atom is 0.115 e. The predicted molar refractivity (Wildman–Crippen MR) is 102 cm³/mol. The van der Waals surface area contributed by atoms with Gasteiger partial charge in [0.1, 0.15) is 5.75 Å². The molecule has 0 radical (unpaired) electrons. The van der Waals surface area contributed by atoms with E-state index in [1.165, 1.54) is 24.8 Å². The van der Waals surface area contributed by atoms with Crippen molar-refractivity contribution in [2.24, 2.45) is 28.1 Å². The fourth-order valence-electron chi connectivity index (χ4n) is 6.81. The Bertz CT molecular complexity index is 609. The van der Waals surface area contributed by atoms with E-state index in [0.29, 0.717) is 23.0 Å². The van der Waals surface area contributed by atoms with Gasteiger partial charge in [0.2, 0.25) is 0 Å². The van der Waals surface area contributed by atoms with Crippen LogP contribution < -0.4 is 0 Å². The molecule has 1 nitrogen and oxygen atoms in total. The lowest BCUT2D eigenvalue weighted by molar-refractivity contribution is -0.0185. The summed E-state index contributed by atoms with van der Waals surface area (Å²) in [5.41, 5.74) is 2.27. The molecule has 1 heteroatoms. The van der Waals surface area contributed by atoms with Crippen LogP contribution in [-0.4, -0.2) is 5.11 Å². The third kappa shape index (κ3) is 2.13. The lowest BCUT2D eigenvalue weighted by atomic mass is 9.49. The lowest BCUT2D eigenvalue weighted by Gasteiger charge is -2.55. The monoisotopic (exact) mass is 326 g/mol. The number of aromatic hydroxyl groups is 1. The van der Waals surface area contributed by atoms with Gasteiger partial charge in [0.15, 0.2) is 0 Å². The van der Waals surface area contributed by atoms with Crippen molar-refractivity contribution in [3.8, 4) is 5.75 Å².